The average Bonchev–Trinajstić information content (AvgIpc) is 3.16. The zero-order valence-corrected chi connectivity index (χ0v) is 18.6. The molecule has 3 aromatic heterocycles. The van der Waals surface area contributed by atoms with Crippen molar-refractivity contribution >= 4 is 11.5 Å². The number of benzene rings is 1. The molecular formula is C23H25N7O3. The molecule has 170 valence electrons. The van der Waals surface area contributed by atoms with Crippen LogP contribution in [0.4, 0.5) is 11.5 Å². The van der Waals surface area contributed by atoms with Crippen molar-refractivity contribution in [3.05, 3.63) is 60.5 Å². The van der Waals surface area contributed by atoms with Gasteiger partial charge in [-0.05, 0) is 33.0 Å². The van der Waals surface area contributed by atoms with E-state index < -0.39 is 6.10 Å². The molecule has 1 unspecified atom stereocenters. The number of nitrogens with zero attached hydrogens (tertiary/aromatic N) is 5. The Morgan fingerprint density at radius 3 is 2.67 bits per heavy atom. The standard InChI is InChI=1S/C23H25N7O3/c1-14-22(15(2)33-30-14)20-8-21(27-17-9-25-13-26-10-17)29-23(28-20)16-5-4-6-19(7-16)32-12-18(31)11-24-3/h4-10,13,18,24,31H,11-12H2,1-3H3,(H,27,28,29). The summed E-state index contributed by atoms with van der Waals surface area (Å²) in [7, 11) is 1.78. The van der Waals surface area contributed by atoms with Gasteiger partial charge in [-0.25, -0.2) is 19.9 Å². The van der Waals surface area contributed by atoms with Gasteiger partial charge >= 0.3 is 0 Å². The second-order valence-electron chi connectivity index (χ2n) is 7.46. The third kappa shape index (κ3) is 5.48. The van der Waals surface area contributed by atoms with Crippen LogP contribution in [0.15, 0.2) is 53.6 Å². The van der Waals surface area contributed by atoms with Crippen molar-refractivity contribution in [2.75, 3.05) is 25.5 Å². The Morgan fingerprint density at radius 2 is 1.94 bits per heavy atom. The summed E-state index contributed by atoms with van der Waals surface area (Å²) in [5.74, 6) is 2.34. The number of hydrogen-bond acceptors (Lipinski definition) is 10. The van der Waals surface area contributed by atoms with Crippen molar-refractivity contribution in [1.29, 1.82) is 0 Å². The number of likely N-dealkylation sites (N-methyl/N-ethyl adjacent to an activating group) is 1. The normalized spacial score (nSPS) is 11.9. The second-order valence-corrected chi connectivity index (χ2v) is 7.46. The third-order valence-corrected chi connectivity index (χ3v) is 4.82. The van der Waals surface area contributed by atoms with Crippen LogP contribution in [0.5, 0.6) is 5.75 Å². The summed E-state index contributed by atoms with van der Waals surface area (Å²) in [5, 5.41) is 20.1. The summed E-state index contributed by atoms with van der Waals surface area (Å²) in [4.78, 5) is 17.5. The summed E-state index contributed by atoms with van der Waals surface area (Å²) in [5.41, 5.74) is 3.68. The van der Waals surface area contributed by atoms with Gasteiger partial charge in [0.05, 0.1) is 35.0 Å². The number of aromatic nitrogens is 5. The second kappa shape index (κ2) is 10.2. The lowest BCUT2D eigenvalue weighted by molar-refractivity contribution is 0.108. The summed E-state index contributed by atoms with van der Waals surface area (Å²) in [6, 6.07) is 9.26. The van der Waals surface area contributed by atoms with Crippen LogP contribution in [0.2, 0.25) is 0 Å². The number of aliphatic hydroxyl groups excluding tert-OH is 1. The Morgan fingerprint density at radius 1 is 1.12 bits per heavy atom. The van der Waals surface area contributed by atoms with Crippen LogP contribution in [-0.4, -0.2) is 56.5 Å². The van der Waals surface area contributed by atoms with Gasteiger partial charge in [0.25, 0.3) is 0 Å². The Hall–Kier alpha value is -3.89. The molecule has 1 aromatic carbocycles. The van der Waals surface area contributed by atoms with Crippen molar-refractivity contribution in [3.8, 4) is 28.4 Å². The molecular weight excluding hydrogens is 422 g/mol. The number of ether oxygens (including phenoxy) is 1. The van der Waals surface area contributed by atoms with Crippen molar-refractivity contribution in [2.45, 2.75) is 20.0 Å². The van der Waals surface area contributed by atoms with Gasteiger partial charge in [-0.2, -0.15) is 0 Å². The van der Waals surface area contributed by atoms with E-state index in [2.05, 4.69) is 25.8 Å². The molecule has 0 radical (unpaired) electrons. The number of hydrogen-bond donors (Lipinski definition) is 3. The Kier molecular flexibility index (Phi) is 6.86. The number of aryl methyl sites for hydroxylation is 2. The van der Waals surface area contributed by atoms with Crippen LogP contribution in [0.1, 0.15) is 11.5 Å². The smallest absolute Gasteiger partial charge is 0.162 e. The topological polar surface area (TPSA) is 131 Å². The monoisotopic (exact) mass is 447 g/mol. The van der Waals surface area contributed by atoms with Gasteiger partial charge in [0.2, 0.25) is 0 Å². The fourth-order valence-corrected chi connectivity index (χ4v) is 3.34. The summed E-state index contributed by atoms with van der Waals surface area (Å²) in [6.45, 7) is 4.34. The number of anilines is 2. The molecule has 3 N–H and O–H groups in total. The van der Waals surface area contributed by atoms with E-state index in [1.165, 1.54) is 6.33 Å². The quantitative estimate of drug-likeness (QED) is 0.352. The van der Waals surface area contributed by atoms with Gasteiger partial charge in [-0.3, -0.25) is 0 Å². The van der Waals surface area contributed by atoms with Gasteiger partial charge in [-0.15, -0.1) is 0 Å². The van der Waals surface area contributed by atoms with Crippen LogP contribution in [-0.2, 0) is 0 Å². The Bertz CT molecular complexity index is 1190. The van der Waals surface area contributed by atoms with E-state index in [0.717, 1.165) is 16.8 Å². The first-order valence-corrected chi connectivity index (χ1v) is 10.4. The first kappa shape index (κ1) is 22.3. The molecule has 33 heavy (non-hydrogen) atoms. The van der Waals surface area contributed by atoms with E-state index in [4.69, 9.17) is 19.2 Å². The fourth-order valence-electron chi connectivity index (χ4n) is 3.34. The largest absolute Gasteiger partial charge is 0.491 e. The molecule has 1 atom stereocenters. The van der Waals surface area contributed by atoms with Gasteiger partial charge < -0.3 is 25.0 Å². The lowest BCUT2D eigenvalue weighted by Crippen LogP contribution is -2.29. The van der Waals surface area contributed by atoms with Crippen LogP contribution in [0, 0.1) is 13.8 Å². The Labute approximate surface area is 191 Å². The molecule has 0 saturated heterocycles. The minimum atomic E-state index is -0.610. The zero-order valence-electron chi connectivity index (χ0n) is 18.6. The highest BCUT2D eigenvalue weighted by atomic mass is 16.5. The zero-order chi connectivity index (χ0) is 23.2. The number of nitrogens with one attached hydrogen (secondary N) is 2. The molecule has 3 heterocycles. The molecule has 10 nitrogen and oxygen atoms in total. The van der Waals surface area contributed by atoms with Crippen LogP contribution >= 0.6 is 0 Å². The molecule has 0 spiro atoms. The number of rotatable bonds is 9. The van der Waals surface area contributed by atoms with E-state index in [-0.39, 0.29) is 6.61 Å². The van der Waals surface area contributed by atoms with E-state index in [1.54, 1.807) is 19.4 Å². The molecule has 0 fully saturated rings. The van der Waals surface area contributed by atoms with E-state index in [9.17, 15) is 5.11 Å². The van der Waals surface area contributed by atoms with Crippen LogP contribution in [0.3, 0.4) is 0 Å². The van der Waals surface area contributed by atoms with Gasteiger partial charge in [-0.1, -0.05) is 17.3 Å². The average molecular weight is 447 g/mol. The summed E-state index contributed by atoms with van der Waals surface area (Å²) < 4.78 is 11.1. The molecule has 0 aliphatic heterocycles. The van der Waals surface area contributed by atoms with Gasteiger partial charge in [0.1, 0.15) is 36.4 Å². The summed E-state index contributed by atoms with van der Waals surface area (Å²) >= 11 is 0. The molecule has 0 bridgehead atoms. The molecule has 0 aliphatic carbocycles. The highest BCUT2D eigenvalue weighted by molar-refractivity contribution is 5.72. The van der Waals surface area contributed by atoms with E-state index in [1.807, 2.05) is 44.2 Å². The molecule has 4 rings (SSSR count). The lowest BCUT2D eigenvalue weighted by Gasteiger charge is -2.13. The molecule has 10 heteroatoms. The first-order valence-electron chi connectivity index (χ1n) is 10.4. The maximum Gasteiger partial charge on any atom is 0.162 e. The predicted octanol–water partition coefficient (Wildman–Crippen LogP) is 2.91. The molecule has 0 aliphatic rings. The van der Waals surface area contributed by atoms with Crippen LogP contribution in [0.25, 0.3) is 22.6 Å². The lowest BCUT2D eigenvalue weighted by atomic mass is 10.1. The SMILES string of the molecule is CNCC(O)COc1cccc(-c2nc(Nc3cncnc3)cc(-c3c(C)noc3C)n2)c1. The van der Waals surface area contributed by atoms with Crippen LogP contribution < -0.4 is 15.4 Å². The van der Waals surface area contributed by atoms with Crippen molar-refractivity contribution in [2.24, 2.45) is 0 Å². The number of aliphatic hydroxyl groups is 1. The van der Waals surface area contributed by atoms with Crippen molar-refractivity contribution in [1.82, 2.24) is 30.4 Å². The Balaban J connectivity index is 1.71. The highest BCUT2D eigenvalue weighted by Gasteiger charge is 2.17. The molecule has 4 aromatic rings. The molecule has 0 amide bonds. The third-order valence-electron chi connectivity index (χ3n) is 4.82. The maximum atomic E-state index is 9.92. The van der Waals surface area contributed by atoms with Crippen molar-refractivity contribution in [3.63, 3.8) is 0 Å². The van der Waals surface area contributed by atoms with E-state index >= 15 is 0 Å². The minimum absolute atomic E-state index is 0.172. The predicted molar refractivity (Wildman–Crippen MR) is 123 cm³/mol. The van der Waals surface area contributed by atoms with Crippen molar-refractivity contribution < 1.29 is 14.4 Å². The summed E-state index contributed by atoms with van der Waals surface area (Å²) in [6.07, 6.45) is 4.18. The van der Waals surface area contributed by atoms with Gasteiger partial charge in [0, 0.05) is 18.2 Å². The first-order chi connectivity index (χ1) is 16.0. The minimum Gasteiger partial charge on any atom is -0.491 e. The maximum absolute atomic E-state index is 9.92. The molecule has 0 saturated carbocycles. The van der Waals surface area contributed by atoms with E-state index in [0.29, 0.717) is 41.1 Å². The fraction of sp³-hybridized carbons (Fsp3) is 0.261. The van der Waals surface area contributed by atoms with Gasteiger partial charge in [0.15, 0.2) is 5.82 Å². The highest BCUT2D eigenvalue weighted by Crippen LogP contribution is 2.30.